The average Bonchev–Trinajstić information content (AvgIpc) is 2.22. The molecule has 0 saturated heterocycles. The van der Waals surface area contributed by atoms with Crippen LogP contribution in [0.5, 0.6) is 0 Å². The first kappa shape index (κ1) is 10.6. The summed E-state index contributed by atoms with van der Waals surface area (Å²) in [5.41, 5.74) is 0. The summed E-state index contributed by atoms with van der Waals surface area (Å²) in [6, 6.07) is 9.05. The second-order valence-corrected chi connectivity index (χ2v) is 4.74. The molecule has 0 radical (unpaired) electrons. The molecule has 1 aromatic carbocycles. The van der Waals surface area contributed by atoms with E-state index in [1.54, 1.807) is 0 Å². The minimum absolute atomic E-state index is 0.510. The first-order valence-corrected chi connectivity index (χ1v) is 5.76. The van der Waals surface area contributed by atoms with Crippen molar-refractivity contribution in [1.29, 1.82) is 0 Å². The van der Waals surface area contributed by atoms with E-state index >= 15 is 0 Å². The normalized spacial score (nSPS) is 10.3. The van der Waals surface area contributed by atoms with E-state index in [0.29, 0.717) is 5.03 Å². The van der Waals surface area contributed by atoms with Gasteiger partial charge in [0.15, 0.2) is 0 Å². The number of aromatic nitrogens is 2. The van der Waals surface area contributed by atoms with Gasteiger partial charge in [-0.05, 0) is 24.3 Å². The molecule has 2 nitrogen and oxygen atoms in total. The van der Waals surface area contributed by atoms with E-state index in [4.69, 9.17) is 0 Å². The Morgan fingerprint density at radius 3 is 2.53 bits per heavy atom. The van der Waals surface area contributed by atoms with Crippen LogP contribution in [0.3, 0.4) is 0 Å². The third-order valence-electron chi connectivity index (χ3n) is 1.64. The van der Waals surface area contributed by atoms with Crippen LogP contribution in [0.4, 0.5) is 4.39 Å². The Kier molecular flexibility index (Phi) is 3.33. The fraction of sp³-hybridized carbons (Fsp3) is 0. The summed E-state index contributed by atoms with van der Waals surface area (Å²) < 4.78 is 13.8. The second kappa shape index (κ2) is 4.72. The lowest BCUT2D eigenvalue weighted by atomic mass is 10.4. The van der Waals surface area contributed by atoms with Crippen molar-refractivity contribution in [3.8, 4) is 0 Å². The zero-order chi connectivity index (χ0) is 10.7. The highest BCUT2D eigenvalue weighted by Crippen LogP contribution is 2.26. The fourth-order valence-electron chi connectivity index (χ4n) is 0.997. The number of nitrogens with zero attached hydrogens (tertiary/aromatic N) is 2. The van der Waals surface area contributed by atoms with Crippen LogP contribution in [-0.4, -0.2) is 9.97 Å². The molecular weight excluding hydrogens is 279 g/mol. The van der Waals surface area contributed by atoms with Gasteiger partial charge in [-0.3, -0.25) is 0 Å². The van der Waals surface area contributed by atoms with Crippen molar-refractivity contribution < 1.29 is 4.39 Å². The number of hydrogen-bond donors (Lipinski definition) is 0. The molecule has 2 rings (SSSR count). The molecule has 0 aliphatic heterocycles. The van der Waals surface area contributed by atoms with Crippen LogP contribution in [0.15, 0.2) is 51.1 Å². The van der Waals surface area contributed by atoms with E-state index in [2.05, 4.69) is 25.9 Å². The van der Waals surface area contributed by atoms with Gasteiger partial charge in [0.1, 0.15) is 11.4 Å². The maximum absolute atomic E-state index is 12.8. The van der Waals surface area contributed by atoms with Crippen molar-refractivity contribution in [3.05, 3.63) is 47.1 Å². The molecule has 1 aromatic heterocycles. The molecule has 0 fully saturated rings. The predicted octanol–water partition coefficient (Wildman–Crippen LogP) is 3.53. The van der Waals surface area contributed by atoms with E-state index in [0.717, 1.165) is 9.37 Å². The van der Waals surface area contributed by atoms with Gasteiger partial charge in [-0.1, -0.05) is 27.7 Å². The Labute approximate surface area is 99.1 Å². The summed E-state index contributed by atoms with van der Waals surface area (Å²) in [6.07, 6.45) is 1.22. The quantitative estimate of drug-likeness (QED) is 0.789. The minimum Gasteiger partial charge on any atom is -0.229 e. The summed E-state index contributed by atoms with van der Waals surface area (Å²) in [6.45, 7) is 0. The molecule has 0 aliphatic rings. The van der Waals surface area contributed by atoms with Gasteiger partial charge in [-0.15, -0.1) is 0 Å². The van der Waals surface area contributed by atoms with Gasteiger partial charge in [0.05, 0.1) is 0 Å². The highest BCUT2D eigenvalue weighted by atomic mass is 79.9. The molecule has 1 heterocycles. The highest BCUT2D eigenvalue weighted by Gasteiger charge is 2.00. The number of rotatable bonds is 2. The van der Waals surface area contributed by atoms with Crippen molar-refractivity contribution >= 4 is 27.7 Å². The molecule has 15 heavy (non-hydrogen) atoms. The van der Waals surface area contributed by atoms with Crippen LogP contribution in [0, 0.1) is 5.95 Å². The summed E-state index contributed by atoms with van der Waals surface area (Å²) in [7, 11) is 0. The van der Waals surface area contributed by atoms with E-state index in [-0.39, 0.29) is 0 Å². The maximum atomic E-state index is 12.8. The number of hydrogen-bond acceptors (Lipinski definition) is 3. The predicted molar refractivity (Wildman–Crippen MR) is 60.3 cm³/mol. The Hall–Kier alpha value is -0.940. The highest BCUT2D eigenvalue weighted by molar-refractivity contribution is 9.10. The topological polar surface area (TPSA) is 25.8 Å². The standard InChI is InChI=1S/C10H6BrFN2S/c11-7-1-3-8(4-2-7)15-10-5-9(12)13-6-14-10/h1-6H. The summed E-state index contributed by atoms with van der Waals surface area (Å²) in [5, 5.41) is 0.602. The molecule has 0 unspecified atom stereocenters. The lowest BCUT2D eigenvalue weighted by Gasteiger charge is -2.00. The lowest BCUT2D eigenvalue weighted by Crippen LogP contribution is -1.86. The molecule has 76 valence electrons. The van der Waals surface area contributed by atoms with Crippen LogP contribution in [0.25, 0.3) is 0 Å². The minimum atomic E-state index is -0.510. The SMILES string of the molecule is Fc1cc(Sc2ccc(Br)cc2)ncn1. The number of halogens is 2. The zero-order valence-electron chi connectivity index (χ0n) is 7.52. The van der Waals surface area contributed by atoms with Gasteiger partial charge in [-0.25, -0.2) is 9.97 Å². The van der Waals surface area contributed by atoms with Crippen LogP contribution in [0.1, 0.15) is 0 Å². The van der Waals surface area contributed by atoms with E-state index < -0.39 is 5.95 Å². The lowest BCUT2D eigenvalue weighted by molar-refractivity contribution is 0.572. The fourth-order valence-corrected chi connectivity index (χ4v) is 2.03. The van der Waals surface area contributed by atoms with E-state index in [9.17, 15) is 4.39 Å². The maximum Gasteiger partial charge on any atom is 0.217 e. The molecule has 2 aromatic rings. The molecule has 0 N–H and O–H groups in total. The van der Waals surface area contributed by atoms with E-state index in [1.165, 1.54) is 24.2 Å². The molecule has 0 saturated carbocycles. The van der Waals surface area contributed by atoms with Crippen LogP contribution >= 0.6 is 27.7 Å². The van der Waals surface area contributed by atoms with Crippen molar-refractivity contribution in [2.24, 2.45) is 0 Å². The van der Waals surface area contributed by atoms with Crippen molar-refractivity contribution in [2.75, 3.05) is 0 Å². The molecule has 0 atom stereocenters. The molecular formula is C10H6BrFN2S. The number of benzene rings is 1. The molecule has 0 bridgehead atoms. The summed E-state index contributed by atoms with van der Waals surface area (Å²) >= 11 is 4.75. The Morgan fingerprint density at radius 2 is 1.87 bits per heavy atom. The Morgan fingerprint density at radius 1 is 1.13 bits per heavy atom. The Balaban J connectivity index is 2.18. The average molecular weight is 285 g/mol. The van der Waals surface area contributed by atoms with Gasteiger partial charge < -0.3 is 0 Å². The zero-order valence-corrected chi connectivity index (χ0v) is 9.93. The van der Waals surface area contributed by atoms with Gasteiger partial charge >= 0.3 is 0 Å². The molecule has 0 aliphatic carbocycles. The largest absolute Gasteiger partial charge is 0.229 e. The van der Waals surface area contributed by atoms with Gasteiger partial charge in [0.2, 0.25) is 5.95 Å². The molecule has 5 heteroatoms. The first-order valence-electron chi connectivity index (χ1n) is 4.15. The smallest absolute Gasteiger partial charge is 0.217 e. The Bertz CT molecular complexity index is 461. The molecule has 0 spiro atoms. The van der Waals surface area contributed by atoms with Gasteiger partial charge in [-0.2, -0.15) is 4.39 Å². The first-order chi connectivity index (χ1) is 7.24. The van der Waals surface area contributed by atoms with Crippen LogP contribution < -0.4 is 0 Å². The van der Waals surface area contributed by atoms with Gasteiger partial charge in [0.25, 0.3) is 0 Å². The van der Waals surface area contributed by atoms with Crippen LogP contribution in [0.2, 0.25) is 0 Å². The third-order valence-corrected chi connectivity index (χ3v) is 3.11. The van der Waals surface area contributed by atoms with Crippen molar-refractivity contribution in [3.63, 3.8) is 0 Å². The van der Waals surface area contributed by atoms with Crippen molar-refractivity contribution in [2.45, 2.75) is 9.92 Å². The van der Waals surface area contributed by atoms with Crippen LogP contribution in [-0.2, 0) is 0 Å². The monoisotopic (exact) mass is 284 g/mol. The molecule has 0 amide bonds. The van der Waals surface area contributed by atoms with Gasteiger partial charge in [0, 0.05) is 15.4 Å². The third kappa shape index (κ3) is 3.00. The summed E-state index contributed by atoms with van der Waals surface area (Å²) in [4.78, 5) is 8.36. The van der Waals surface area contributed by atoms with E-state index in [1.807, 2.05) is 24.3 Å². The second-order valence-electron chi connectivity index (χ2n) is 2.73. The summed E-state index contributed by atoms with van der Waals surface area (Å²) in [5.74, 6) is -0.510. The van der Waals surface area contributed by atoms with Crippen molar-refractivity contribution in [1.82, 2.24) is 9.97 Å².